The van der Waals surface area contributed by atoms with Crippen LogP contribution in [-0.4, -0.2) is 25.7 Å². The van der Waals surface area contributed by atoms with Crippen LogP contribution in [0, 0.1) is 0 Å². The largest absolute Gasteiger partial charge is 0.301 e. The number of aromatic nitrogens is 3. The van der Waals surface area contributed by atoms with Gasteiger partial charge in [-0.15, -0.1) is 11.3 Å². The summed E-state index contributed by atoms with van der Waals surface area (Å²) in [5, 5.41) is 6.36. The number of hydrogen-bond acceptors (Lipinski definition) is 6. The van der Waals surface area contributed by atoms with E-state index in [1.807, 2.05) is 60.0 Å². The highest BCUT2D eigenvalue weighted by Gasteiger charge is 2.21. The minimum atomic E-state index is -0.527. The molecular weight excluding hydrogens is 500 g/mol. The van der Waals surface area contributed by atoms with E-state index in [0.29, 0.717) is 31.9 Å². The van der Waals surface area contributed by atoms with Gasteiger partial charge in [-0.25, -0.2) is 9.97 Å². The Morgan fingerprint density at radius 2 is 1.71 bits per heavy atom. The molecule has 0 aliphatic rings. The van der Waals surface area contributed by atoms with E-state index in [0.717, 1.165) is 11.3 Å². The van der Waals surface area contributed by atoms with E-state index in [1.165, 1.54) is 23.1 Å². The summed E-state index contributed by atoms with van der Waals surface area (Å²) in [4.78, 5) is 35.6. The zero-order chi connectivity index (χ0) is 24.4. The third-order valence-electron chi connectivity index (χ3n) is 5.29. The maximum atomic E-state index is 13.3. The first-order chi connectivity index (χ1) is 17.0. The Kier molecular flexibility index (Phi) is 6.68. The van der Waals surface area contributed by atoms with Gasteiger partial charge in [-0.05, 0) is 43.3 Å². The molecule has 2 aromatic heterocycles. The minimum Gasteiger partial charge on any atom is -0.301 e. The van der Waals surface area contributed by atoms with E-state index in [1.54, 1.807) is 35.8 Å². The quantitative estimate of drug-likeness (QED) is 0.211. The molecule has 0 radical (unpaired) electrons. The first kappa shape index (κ1) is 23.3. The van der Waals surface area contributed by atoms with E-state index in [4.69, 9.17) is 16.6 Å². The number of benzene rings is 3. The fourth-order valence-corrected chi connectivity index (χ4v) is 5.27. The normalized spacial score (nSPS) is 11.9. The number of thioether (sulfide) groups is 1. The lowest BCUT2D eigenvalue weighted by Gasteiger charge is -2.16. The van der Waals surface area contributed by atoms with Crippen molar-refractivity contribution in [3.05, 3.63) is 99.6 Å². The van der Waals surface area contributed by atoms with E-state index in [9.17, 15) is 9.59 Å². The van der Waals surface area contributed by atoms with Crippen LogP contribution in [0.3, 0.4) is 0 Å². The van der Waals surface area contributed by atoms with Gasteiger partial charge in [-0.1, -0.05) is 65.8 Å². The SMILES string of the molecule is CC(Sc1nc2ccccc2c(=O)n1-c1ccccc1)C(=O)Nc1nc(-c2ccc(Cl)cc2)cs1. The first-order valence-electron chi connectivity index (χ1n) is 10.8. The molecule has 1 atom stereocenters. The molecule has 0 aliphatic carbocycles. The van der Waals surface area contributed by atoms with Gasteiger partial charge in [0.1, 0.15) is 0 Å². The van der Waals surface area contributed by atoms with Crippen LogP contribution < -0.4 is 10.9 Å². The molecule has 0 saturated heterocycles. The molecule has 3 aromatic carbocycles. The van der Waals surface area contributed by atoms with Gasteiger partial charge >= 0.3 is 0 Å². The van der Waals surface area contributed by atoms with Gasteiger partial charge in [0.2, 0.25) is 5.91 Å². The molecule has 1 unspecified atom stereocenters. The number of halogens is 1. The van der Waals surface area contributed by atoms with Crippen LogP contribution in [0.1, 0.15) is 6.92 Å². The molecular formula is C26H19ClN4O2S2. The van der Waals surface area contributed by atoms with Gasteiger partial charge in [0.15, 0.2) is 10.3 Å². The molecule has 6 nitrogen and oxygen atoms in total. The average Bonchev–Trinajstić information content (AvgIpc) is 3.33. The molecule has 9 heteroatoms. The Balaban J connectivity index is 1.40. The van der Waals surface area contributed by atoms with Crippen LogP contribution in [0.15, 0.2) is 94.2 Å². The topological polar surface area (TPSA) is 76.9 Å². The van der Waals surface area contributed by atoms with Crippen molar-refractivity contribution in [3.8, 4) is 16.9 Å². The second-order valence-electron chi connectivity index (χ2n) is 7.68. The van der Waals surface area contributed by atoms with Crippen LogP contribution >= 0.6 is 34.7 Å². The predicted molar refractivity (Wildman–Crippen MR) is 144 cm³/mol. The van der Waals surface area contributed by atoms with E-state index < -0.39 is 5.25 Å². The second-order valence-corrected chi connectivity index (χ2v) is 10.3. The van der Waals surface area contributed by atoms with Crippen molar-refractivity contribution in [2.24, 2.45) is 0 Å². The second kappa shape index (κ2) is 10.0. The van der Waals surface area contributed by atoms with Crippen LogP contribution in [0.25, 0.3) is 27.8 Å². The summed E-state index contributed by atoms with van der Waals surface area (Å²) in [5.74, 6) is -0.228. The van der Waals surface area contributed by atoms with Crippen LogP contribution in [0.4, 0.5) is 5.13 Å². The van der Waals surface area contributed by atoms with Crippen molar-refractivity contribution in [1.29, 1.82) is 0 Å². The maximum absolute atomic E-state index is 13.3. The van der Waals surface area contributed by atoms with Crippen molar-refractivity contribution in [2.45, 2.75) is 17.3 Å². The third-order valence-corrected chi connectivity index (χ3v) is 7.35. The number of fused-ring (bicyclic) bond motifs is 1. The Labute approximate surface area is 214 Å². The van der Waals surface area contributed by atoms with E-state index in [-0.39, 0.29) is 11.5 Å². The van der Waals surface area contributed by atoms with Crippen LogP contribution in [-0.2, 0) is 4.79 Å². The number of carbonyl (C=O) groups is 1. The van der Waals surface area contributed by atoms with Crippen LogP contribution in [0.5, 0.6) is 0 Å². The predicted octanol–water partition coefficient (Wildman–Crippen LogP) is 6.28. The molecule has 0 bridgehead atoms. The lowest BCUT2D eigenvalue weighted by atomic mass is 10.2. The Hall–Kier alpha value is -3.46. The van der Waals surface area contributed by atoms with Crippen molar-refractivity contribution in [1.82, 2.24) is 14.5 Å². The summed E-state index contributed by atoms with van der Waals surface area (Å²) in [6.45, 7) is 1.78. The summed E-state index contributed by atoms with van der Waals surface area (Å²) in [7, 11) is 0. The van der Waals surface area contributed by atoms with E-state index in [2.05, 4.69) is 10.3 Å². The lowest BCUT2D eigenvalue weighted by Crippen LogP contribution is -2.26. The minimum absolute atomic E-state index is 0.176. The molecule has 1 N–H and O–H groups in total. The summed E-state index contributed by atoms with van der Waals surface area (Å²) in [6, 6.07) is 23.9. The van der Waals surface area contributed by atoms with Gasteiger partial charge in [-0.3, -0.25) is 14.2 Å². The number of nitrogens with one attached hydrogen (secondary N) is 1. The molecule has 0 aliphatic heterocycles. The number of hydrogen-bond donors (Lipinski definition) is 1. The van der Waals surface area contributed by atoms with Gasteiger partial charge in [0, 0.05) is 16.0 Å². The molecule has 174 valence electrons. The summed E-state index contributed by atoms with van der Waals surface area (Å²) < 4.78 is 1.55. The molecule has 0 spiro atoms. The molecule has 1 amide bonds. The smallest absolute Gasteiger partial charge is 0.266 e. The van der Waals surface area contributed by atoms with Crippen molar-refractivity contribution in [2.75, 3.05) is 5.32 Å². The zero-order valence-corrected chi connectivity index (χ0v) is 20.9. The van der Waals surface area contributed by atoms with E-state index >= 15 is 0 Å². The number of thiazole rings is 1. The highest BCUT2D eigenvalue weighted by Crippen LogP contribution is 2.28. The van der Waals surface area contributed by atoms with Gasteiger partial charge in [0.25, 0.3) is 5.56 Å². The molecule has 0 fully saturated rings. The van der Waals surface area contributed by atoms with Crippen LogP contribution in [0.2, 0.25) is 5.02 Å². The molecule has 2 heterocycles. The molecule has 5 rings (SSSR count). The van der Waals surface area contributed by atoms with Crippen molar-refractivity contribution in [3.63, 3.8) is 0 Å². The Morgan fingerprint density at radius 3 is 2.49 bits per heavy atom. The Morgan fingerprint density at radius 1 is 1.00 bits per heavy atom. The third kappa shape index (κ3) is 5.00. The summed E-state index contributed by atoms with van der Waals surface area (Å²) >= 11 is 8.54. The zero-order valence-electron chi connectivity index (χ0n) is 18.5. The molecule has 5 aromatic rings. The first-order valence-corrected chi connectivity index (χ1v) is 12.9. The summed E-state index contributed by atoms with van der Waals surface area (Å²) in [5.41, 5.74) is 2.78. The molecule has 35 heavy (non-hydrogen) atoms. The number of para-hydroxylation sites is 2. The highest BCUT2D eigenvalue weighted by molar-refractivity contribution is 8.00. The number of amides is 1. The fraction of sp³-hybridized carbons (Fsp3) is 0.0769. The monoisotopic (exact) mass is 518 g/mol. The summed E-state index contributed by atoms with van der Waals surface area (Å²) in [6.07, 6.45) is 0. The van der Waals surface area contributed by atoms with Gasteiger partial charge in [0.05, 0.1) is 27.5 Å². The standard InChI is InChI=1S/C26H19ClN4O2S2/c1-16(23(32)30-25-28-22(15-34-25)17-11-13-18(27)14-12-17)35-26-29-21-10-6-5-9-20(21)24(33)31(26)19-7-3-2-4-8-19/h2-16H,1H3,(H,28,30,32). The Bertz CT molecular complexity index is 1570. The number of anilines is 1. The number of carbonyl (C=O) groups excluding carboxylic acids is 1. The number of nitrogens with zero attached hydrogens (tertiary/aromatic N) is 3. The maximum Gasteiger partial charge on any atom is 0.266 e. The fourth-order valence-electron chi connectivity index (χ4n) is 3.50. The number of rotatable bonds is 6. The van der Waals surface area contributed by atoms with Gasteiger partial charge in [-0.2, -0.15) is 0 Å². The lowest BCUT2D eigenvalue weighted by molar-refractivity contribution is -0.115. The van der Waals surface area contributed by atoms with Crippen molar-refractivity contribution >= 4 is 56.6 Å². The average molecular weight is 519 g/mol. The highest BCUT2D eigenvalue weighted by atomic mass is 35.5. The molecule has 0 saturated carbocycles. The van der Waals surface area contributed by atoms with Gasteiger partial charge < -0.3 is 5.32 Å². The van der Waals surface area contributed by atoms with Crippen molar-refractivity contribution < 1.29 is 4.79 Å².